The first kappa shape index (κ1) is 18.4. The van der Waals surface area contributed by atoms with Crippen LogP contribution < -0.4 is 16.2 Å². The molecule has 2 N–H and O–H groups in total. The predicted octanol–water partition coefficient (Wildman–Crippen LogP) is 2.13. The van der Waals surface area contributed by atoms with E-state index in [1.165, 1.54) is 22.2 Å². The van der Waals surface area contributed by atoms with Crippen LogP contribution in [0.4, 0.5) is 0 Å². The minimum Gasteiger partial charge on any atom is -0.349 e. The maximum absolute atomic E-state index is 12.6. The quantitative estimate of drug-likeness (QED) is 0.691. The van der Waals surface area contributed by atoms with Gasteiger partial charge in [-0.15, -0.1) is 11.3 Å². The van der Waals surface area contributed by atoms with Gasteiger partial charge < -0.3 is 15.2 Å². The van der Waals surface area contributed by atoms with E-state index in [4.69, 9.17) is 0 Å². The van der Waals surface area contributed by atoms with Gasteiger partial charge in [0.25, 0.3) is 17.4 Å². The Morgan fingerprint density at radius 2 is 1.93 bits per heavy atom. The number of thiophene rings is 1. The Kier molecular flexibility index (Phi) is 4.72. The van der Waals surface area contributed by atoms with Crippen LogP contribution in [0.25, 0.3) is 10.2 Å². The van der Waals surface area contributed by atoms with Crippen LogP contribution in [0, 0.1) is 6.92 Å². The summed E-state index contributed by atoms with van der Waals surface area (Å²) < 4.78 is 1.41. The second-order valence-electron chi connectivity index (χ2n) is 7.02. The number of carbonyl (C=O) groups is 2. The van der Waals surface area contributed by atoms with Crippen LogP contribution in [-0.4, -0.2) is 27.4 Å². The van der Waals surface area contributed by atoms with E-state index in [2.05, 4.69) is 15.6 Å². The van der Waals surface area contributed by atoms with Crippen molar-refractivity contribution in [3.8, 4) is 0 Å². The Morgan fingerprint density at radius 1 is 1.21 bits per heavy atom. The summed E-state index contributed by atoms with van der Waals surface area (Å²) in [6.07, 6.45) is 3.56. The normalized spacial score (nSPS) is 13.5. The van der Waals surface area contributed by atoms with E-state index >= 15 is 0 Å². The molecule has 0 saturated heterocycles. The monoisotopic (exact) mass is 396 g/mol. The van der Waals surface area contributed by atoms with Gasteiger partial charge >= 0.3 is 0 Å². The number of aryl methyl sites for hydroxylation is 2. The van der Waals surface area contributed by atoms with Crippen LogP contribution in [0.15, 0.2) is 35.4 Å². The van der Waals surface area contributed by atoms with Gasteiger partial charge in [0.2, 0.25) is 0 Å². The lowest BCUT2D eigenvalue weighted by Gasteiger charge is -2.07. The van der Waals surface area contributed by atoms with Crippen molar-refractivity contribution in [2.45, 2.75) is 32.4 Å². The Balaban J connectivity index is 1.45. The van der Waals surface area contributed by atoms with Gasteiger partial charge in [-0.3, -0.25) is 14.4 Å². The molecule has 1 aromatic carbocycles. The number of nitrogens with one attached hydrogen (secondary N) is 2. The van der Waals surface area contributed by atoms with E-state index in [9.17, 15) is 14.4 Å². The van der Waals surface area contributed by atoms with Crippen molar-refractivity contribution in [3.63, 3.8) is 0 Å². The van der Waals surface area contributed by atoms with E-state index in [1.54, 1.807) is 26.1 Å². The molecule has 2 heterocycles. The molecule has 2 amide bonds. The summed E-state index contributed by atoms with van der Waals surface area (Å²) in [5.74, 6) is -0.300. The molecular weight excluding hydrogens is 376 g/mol. The Hall–Kier alpha value is -3.00. The highest BCUT2D eigenvalue weighted by atomic mass is 32.1. The molecule has 3 aromatic rings. The third-order valence-electron chi connectivity index (χ3n) is 4.80. The SMILES string of the molecule is Cc1c(C(=O)NCc2ccc(C(=O)NC3CC3)cc2)sc2ncn(C)c(=O)c12. The van der Waals surface area contributed by atoms with E-state index in [1.807, 2.05) is 12.1 Å². The summed E-state index contributed by atoms with van der Waals surface area (Å²) in [4.78, 5) is 42.2. The molecule has 0 unspecified atom stereocenters. The maximum Gasteiger partial charge on any atom is 0.262 e. The first-order valence-electron chi connectivity index (χ1n) is 9.07. The lowest BCUT2D eigenvalue weighted by molar-refractivity contribution is 0.0943. The molecule has 1 saturated carbocycles. The number of fused-ring (bicyclic) bond motifs is 1. The first-order valence-corrected chi connectivity index (χ1v) is 9.88. The van der Waals surface area contributed by atoms with Crippen LogP contribution in [-0.2, 0) is 13.6 Å². The average molecular weight is 396 g/mol. The standard InChI is InChI=1S/C20H20N4O3S/c1-11-15-19(22-10-24(2)20(15)27)28-16(11)18(26)21-9-12-3-5-13(6-4-12)17(25)23-14-7-8-14/h3-6,10,14H,7-9H2,1-2H3,(H,21,26)(H,23,25). The van der Waals surface area contributed by atoms with Crippen LogP contribution in [0.3, 0.4) is 0 Å². The van der Waals surface area contributed by atoms with Crippen molar-refractivity contribution in [1.82, 2.24) is 20.2 Å². The fourth-order valence-electron chi connectivity index (χ4n) is 2.96. The molecule has 0 aliphatic heterocycles. The molecule has 0 atom stereocenters. The fraction of sp³-hybridized carbons (Fsp3) is 0.300. The molecule has 2 aromatic heterocycles. The molecule has 1 aliphatic carbocycles. The summed E-state index contributed by atoms with van der Waals surface area (Å²) in [6.45, 7) is 2.10. The van der Waals surface area contributed by atoms with Gasteiger partial charge in [0, 0.05) is 25.2 Å². The number of hydrogen-bond donors (Lipinski definition) is 2. The molecule has 0 bridgehead atoms. The van der Waals surface area contributed by atoms with Crippen molar-refractivity contribution in [2.24, 2.45) is 7.05 Å². The largest absolute Gasteiger partial charge is 0.349 e. The highest BCUT2D eigenvalue weighted by molar-refractivity contribution is 7.20. The minimum absolute atomic E-state index is 0.0620. The Labute approximate surface area is 165 Å². The molecule has 0 radical (unpaired) electrons. The van der Waals surface area contributed by atoms with E-state index in [0.29, 0.717) is 38.8 Å². The zero-order valence-electron chi connectivity index (χ0n) is 15.6. The molecule has 1 aliphatic rings. The number of nitrogens with zero attached hydrogens (tertiary/aromatic N) is 2. The number of hydrogen-bond acceptors (Lipinski definition) is 5. The van der Waals surface area contributed by atoms with Crippen molar-refractivity contribution in [3.05, 3.63) is 62.5 Å². The highest BCUT2D eigenvalue weighted by Gasteiger charge is 2.23. The van der Waals surface area contributed by atoms with Crippen molar-refractivity contribution in [1.29, 1.82) is 0 Å². The first-order chi connectivity index (χ1) is 13.4. The molecule has 7 nitrogen and oxygen atoms in total. The third-order valence-corrected chi connectivity index (χ3v) is 6.00. The second-order valence-corrected chi connectivity index (χ2v) is 8.02. The van der Waals surface area contributed by atoms with Crippen LogP contribution in [0.2, 0.25) is 0 Å². The van der Waals surface area contributed by atoms with Gasteiger partial charge in [0.05, 0.1) is 16.6 Å². The smallest absolute Gasteiger partial charge is 0.262 e. The van der Waals surface area contributed by atoms with Gasteiger partial charge in [-0.25, -0.2) is 4.98 Å². The highest BCUT2D eigenvalue weighted by Crippen LogP contribution is 2.26. The number of carbonyl (C=O) groups excluding carboxylic acids is 2. The number of rotatable bonds is 5. The topological polar surface area (TPSA) is 93.1 Å². The zero-order valence-corrected chi connectivity index (χ0v) is 16.4. The fourth-order valence-corrected chi connectivity index (χ4v) is 4.01. The number of aromatic nitrogens is 2. The molecule has 8 heteroatoms. The average Bonchev–Trinajstić information content (AvgIpc) is 3.44. The van der Waals surface area contributed by atoms with Crippen molar-refractivity contribution in [2.75, 3.05) is 0 Å². The number of amides is 2. The van der Waals surface area contributed by atoms with E-state index in [-0.39, 0.29) is 17.4 Å². The predicted molar refractivity (Wildman–Crippen MR) is 108 cm³/mol. The summed E-state index contributed by atoms with van der Waals surface area (Å²) in [6, 6.07) is 7.51. The van der Waals surface area contributed by atoms with E-state index in [0.717, 1.165) is 18.4 Å². The van der Waals surface area contributed by atoms with Gasteiger partial charge in [0.1, 0.15) is 4.83 Å². The summed E-state index contributed by atoms with van der Waals surface area (Å²) in [7, 11) is 1.64. The van der Waals surface area contributed by atoms with Gasteiger partial charge in [-0.2, -0.15) is 0 Å². The minimum atomic E-state index is -0.238. The molecule has 1 fully saturated rings. The van der Waals surface area contributed by atoms with E-state index < -0.39 is 0 Å². The Morgan fingerprint density at radius 3 is 2.61 bits per heavy atom. The molecular formula is C20H20N4O3S. The Bertz CT molecular complexity index is 1130. The summed E-state index contributed by atoms with van der Waals surface area (Å²) in [5.41, 5.74) is 2.00. The van der Waals surface area contributed by atoms with Crippen LogP contribution in [0.5, 0.6) is 0 Å². The summed E-state index contributed by atoms with van der Waals surface area (Å²) >= 11 is 1.22. The van der Waals surface area contributed by atoms with Crippen LogP contribution >= 0.6 is 11.3 Å². The van der Waals surface area contributed by atoms with Gasteiger partial charge in [-0.1, -0.05) is 12.1 Å². The van der Waals surface area contributed by atoms with Crippen LogP contribution in [0.1, 0.15) is 44.0 Å². The second kappa shape index (κ2) is 7.20. The zero-order chi connectivity index (χ0) is 19.8. The molecule has 28 heavy (non-hydrogen) atoms. The lowest BCUT2D eigenvalue weighted by Crippen LogP contribution is -2.25. The van der Waals surface area contributed by atoms with Crippen molar-refractivity contribution >= 4 is 33.4 Å². The third kappa shape index (κ3) is 3.55. The molecule has 0 spiro atoms. The lowest BCUT2D eigenvalue weighted by atomic mass is 10.1. The van der Waals surface area contributed by atoms with Gasteiger partial charge in [0.15, 0.2) is 0 Å². The van der Waals surface area contributed by atoms with Crippen molar-refractivity contribution < 1.29 is 9.59 Å². The number of benzene rings is 1. The van der Waals surface area contributed by atoms with Gasteiger partial charge in [-0.05, 0) is 43.0 Å². The molecule has 144 valence electrons. The maximum atomic E-state index is 12.6. The molecule has 4 rings (SSSR count). The summed E-state index contributed by atoms with van der Waals surface area (Å²) in [5, 5.41) is 6.32.